The molecular formula is C22H23N5O. The number of amides is 2. The van der Waals surface area contributed by atoms with Gasteiger partial charge in [-0.15, -0.1) is 0 Å². The van der Waals surface area contributed by atoms with Gasteiger partial charge in [0.2, 0.25) is 0 Å². The molecule has 28 heavy (non-hydrogen) atoms. The molecule has 2 N–H and O–H groups in total. The third-order valence-corrected chi connectivity index (χ3v) is 4.75. The van der Waals surface area contributed by atoms with Crippen LogP contribution in [0.25, 0.3) is 11.3 Å². The summed E-state index contributed by atoms with van der Waals surface area (Å²) in [4.78, 5) is 23.7. The molecule has 0 spiro atoms. The first-order valence-electron chi connectivity index (χ1n) is 9.50. The van der Waals surface area contributed by atoms with E-state index in [4.69, 9.17) is 0 Å². The molecule has 0 bridgehead atoms. The molecule has 2 aromatic carbocycles. The van der Waals surface area contributed by atoms with Crippen molar-refractivity contribution in [1.29, 1.82) is 0 Å². The maximum absolute atomic E-state index is 12.4. The van der Waals surface area contributed by atoms with E-state index >= 15 is 0 Å². The lowest BCUT2D eigenvalue weighted by Gasteiger charge is -2.19. The molecule has 6 heteroatoms. The number of hydrogen-bond acceptors (Lipinski definition) is 4. The molecule has 142 valence electrons. The summed E-state index contributed by atoms with van der Waals surface area (Å²) >= 11 is 0. The molecule has 1 aromatic heterocycles. The number of carbonyl (C=O) groups excluding carboxylic acids is 1. The minimum absolute atomic E-state index is 0.276. The van der Waals surface area contributed by atoms with E-state index in [0.717, 1.165) is 41.4 Å². The molecule has 1 fully saturated rings. The van der Waals surface area contributed by atoms with E-state index in [1.807, 2.05) is 55.5 Å². The Labute approximate surface area is 164 Å². The number of aromatic nitrogens is 2. The van der Waals surface area contributed by atoms with Crippen LogP contribution in [0, 0.1) is 6.92 Å². The molecule has 0 unspecified atom stereocenters. The second-order valence-electron chi connectivity index (χ2n) is 6.95. The van der Waals surface area contributed by atoms with Gasteiger partial charge in [-0.3, -0.25) is 4.98 Å². The molecule has 3 aromatic rings. The predicted molar refractivity (Wildman–Crippen MR) is 113 cm³/mol. The summed E-state index contributed by atoms with van der Waals surface area (Å²) in [7, 11) is 0. The molecule has 2 amide bonds. The van der Waals surface area contributed by atoms with Crippen LogP contribution in [0.4, 0.5) is 22.0 Å². The Bertz CT molecular complexity index is 982. The molecule has 1 aliphatic rings. The summed E-state index contributed by atoms with van der Waals surface area (Å²) in [5.74, 6) is 0.904. The van der Waals surface area contributed by atoms with Crippen LogP contribution in [0.15, 0.2) is 60.9 Å². The van der Waals surface area contributed by atoms with Crippen molar-refractivity contribution in [1.82, 2.24) is 9.97 Å². The number of benzene rings is 2. The van der Waals surface area contributed by atoms with Crippen molar-refractivity contribution in [3.8, 4) is 11.3 Å². The Morgan fingerprint density at radius 1 is 0.929 bits per heavy atom. The highest BCUT2D eigenvalue weighted by Gasteiger charge is 2.19. The SMILES string of the molecule is Cc1cccc(NC(=O)Nc2cccc(-c3nccnc3N3CCCC3)c2)c1. The van der Waals surface area contributed by atoms with Crippen molar-refractivity contribution in [2.45, 2.75) is 19.8 Å². The number of aryl methyl sites for hydroxylation is 1. The molecule has 4 rings (SSSR count). The van der Waals surface area contributed by atoms with Gasteiger partial charge in [0.1, 0.15) is 5.69 Å². The Morgan fingerprint density at radius 3 is 2.36 bits per heavy atom. The average molecular weight is 373 g/mol. The fraction of sp³-hybridized carbons (Fsp3) is 0.227. The van der Waals surface area contributed by atoms with E-state index in [0.29, 0.717) is 5.69 Å². The van der Waals surface area contributed by atoms with Crippen LogP contribution in [-0.4, -0.2) is 29.1 Å². The Kier molecular flexibility index (Phi) is 5.19. The number of anilines is 3. The van der Waals surface area contributed by atoms with E-state index in [2.05, 4.69) is 25.5 Å². The third kappa shape index (κ3) is 4.11. The fourth-order valence-electron chi connectivity index (χ4n) is 3.46. The quantitative estimate of drug-likeness (QED) is 0.696. The molecule has 1 aliphatic heterocycles. The highest BCUT2D eigenvalue weighted by molar-refractivity contribution is 6.00. The molecule has 1 saturated heterocycles. The number of nitrogens with one attached hydrogen (secondary N) is 2. The lowest BCUT2D eigenvalue weighted by atomic mass is 10.1. The van der Waals surface area contributed by atoms with Crippen LogP contribution < -0.4 is 15.5 Å². The van der Waals surface area contributed by atoms with Crippen molar-refractivity contribution in [3.63, 3.8) is 0 Å². The summed E-state index contributed by atoms with van der Waals surface area (Å²) in [6, 6.07) is 15.1. The van der Waals surface area contributed by atoms with Crippen LogP contribution in [0.1, 0.15) is 18.4 Å². The van der Waals surface area contributed by atoms with E-state index < -0.39 is 0 Å². The van der Waals surface area contributed by atoms with Crippen molar-refractivity contribution in [2.75, 3.05) is 28.6 Å². The monoisotopic (exact) mass is 373 g/mol. The van der Waals surface area contributed by atoms with Crippen molar-refractivity contribution in [3.05, 3.63) is 66.5 Å². The fourth-order valence-corrected chi connectivity index (χ4v) is 3.46. The van der Waals surface area contributed by atoms with Crippen molar-refractivity contribution < 1.29 is 4.79 Å². The standard InChI is InChI=1S/C22H23N5O/c1-16-6-4-8-18(14-16)25-22(28)26-19-9-5-7-17(15-19)20-21(24-11-10-23-20)27-12-2-3-13-27/h4-11,14-15H,2-3,12-13H2,1H3,(H2,25,26,28). The summed E-state index contributed by atoms with van der Waals surface area (Å²) in [6.45, 7) is 4.00. The molecule has 0 saturated carbocycles. The molecule has 0 aliphatic carbocycles. The van der Waals surface area contributed by atoms with Crippen LogP contribution in [0.3, 0.4) is 0 Å². The van der Waals surface area contributed by atoms with Crippen LogP contribution in [-0.2, 0) is 0 Å². The number of nitrogens with zero attached hydrogens (tertiary/aromatic N) is 3. The van der Waals surface area contributed by atoms with Gasteiger partial charge in [-0.1, -0.05) is 24.3 Å². The first-order chi connectivity index (χ1) is 13.7. The van der Waals surface area contributed by atoms with E-state index in [1.165, 1.54) is 12.8 Å². The number of rotatable bonds is 4. The summed E-state index contributed by atoms with van der Waals surface area (Å²) in [5, 5.41) is 5.76. The summed E-state index contributed by atoms with van der Waals surface area (Å²) < 4.78 is 0. The Hall–Kier alpha value is -3.41. The Balaban J connectivity index is 1.53. The smallest absolute Gasteiger partial charge is 0.323 e. The average Bonchev–Trinajstić information content (AvgIpc) is 3.23. The minimum atomic E-state index is -0.276. The molecule has 0 radical (unpaired) electrons. The third-order valence-electron chi connectivity index (χ3n) is 4.75. The first kappa shape index (κ1) is 18.0. The van der Waals surface area contributed by atoms with Gasteiger partial charge < -0.3 is 15.5 Å². The summed E-state index contributed by atoms with van der Waals surface area (Å²) in [6.07, 6.45) is 5.79. The topological polar surface area (TPSA) is 70.1 Å². The van der Waals surface area contributed by atoms with Gasteiger partial charge in [-0.05, 0) is 49.6 Å². The first-order valence-corrected chi connectivity index (χ1v) is 9.50. The second-order valence-corrected chi connectivity index (χ2v) is 6.95. The Morgan fingerprint density at radius 2 is 1.61 bits per heavy atom. The molecule has 0 atom stereocenters. The van der Waals surface area contributed by atoms with Gasteiger partial charge in [0.25, 0.3) is 0 Å². The zero-order valence-electron chi connectivity index (χ0n) is 15.9. The van der Waals surface area contributed by atoms with Gasteiger partial charge in [0.05, 0.1) is 0 Å². The minimum Gasteiger partial charge on any atom is -0.355 e. The van der Waals surface area contributed by atoms with Crippen molar-refractivity contribution in [2.24, 2.45) is 0 Å². The normalized spacial score (nSPS) is 13.4. The zero-order valence-corrected chi connectivity index (χ0v) is 15.9. The number of carbonyl (C=O) groups is 1. The number of hydrogen-bond donors (Lipinski definition) is 2. The molecule has 2 heterocycles. The predicted octanol–water partition coefficient (Wildman–Crippen LogP) is 4.70. The highest BCUT2D eigenvalue weighted by atomic mass is 16.2. The van der Waals surface area contributed by atoms with Crippen LogP contribution in [0.2, 0.25) is 0 Å². The number of urea groups is 1. The van der Waals surface area contributed by atoms with Crippen LogP contribution >= 0.6 is 0 Å². The highest BCUT2D eigenvalue weighted by Crippen LogP contribution is 2.30. The van der Waals surface area contributed by atoms with Gasteiger partial charge in [-0.25, -0.2) is 9.78 Å². The lowest BCUT2D eigenvalue weighted by molar-refractivity contribution is 0.262. The van der Waals surface area contributed by atoms with E-state index in [9.17, 15) is 4.79 Å². The van der Waals surface area contributed by atoms with E-state index in [1.54, 1.807) is 12.4 Å². The van der Waals surface area contributed by atoms with E-state index in [-0.39, 0.29) is 6.03 Å². The van der Waals surface area contributed by atoms with Gasteiger partial charge in [0, 0.05) is 42.4 Å². The zero-order chi connectivity index (χ0) is 19.3. The van der Waals surface area contributed by atoms with Crippen molar-refractivity contribution >= 4 is 23.2 Å². The van der Waals surface area contributed by atoms with Gasteiger partial charge >= 0.3 is 6.03 Å². The maximum atomic E-state index is 12.4. The second kappa shape index (κ2) is 8.08. The summed E-state index contributed by atoms with van der Waals surface area (Å²) in [5.41, 5.74) is 4.34. The lowest BCUT2D eigenvalue weighted by Crippen LogP contribution is -2.20. The molecule has 6 nitrogen and oxygen atoms in total. The van der Waals surface area contributed by atoms with Crippen LogP contribution in [0.5, 0.6) is 0 Å². The van der Waals surface area contributed by atoms with Gasteiger partial charge in [0.15, 0.2) is 5.82 Å². The van der Waals surface area contributed by atoms with Gasteiger partial charge in [-0.2, -0.15) is 0 Å². The molecular weight excluding hydrogens is 350 g/mol. The maximum Gasteiger partial charge on any atom is 0.323 e. The largest absolute Gasteiger partial charge is 0.355 e.